The number of aromatic nitrogens is 2. The van der Waals surface area contributed by atoms with Crippen molar-refractivity contribution in [1.82, 2.24) is 9.97 Å². The molecule has 1 fully saturated rings. The van der Waals surface area contributed by atoms with Gasteiger partial charge in [0.1, 0.15) is 5.82 Å². The molecule has 0 aromatic carbocycles. The SMILES string of the molecule is CC(Nc1nc(Cl)ncc1Br)C1CCCO1. The van der Waals surface area contributed by atoms with E-state index in [1.807, 2.05) is 0 Å². The molecule has 16 heavy (non-hydrogen) atoms. The van der Waals surface area contributed by atoms with Gasteiger partial charge in [-0.15, -0.1) is 0 Å². The summed E-state index contributed by atoms with van der Waals surface area (Å²) in [7, 11) is 0. The largest absolute Gasteiger partial charge is 0.376 e. The Labute approximate surface area is 108 Å². The first-order valence-electron chi connectivity index (χ1n) is 5.23. The minimum atomic E-state index is 0.213. The van der Waals surface area contributed by atoms with E-state index >= 15 is 0 Å². The molecule has 0 aliphatic carbocycles. The number of ether oxygens (including phenoxy) is 1. The van der Waals surface area contributed by atoms with Crippen LogP contribution in [0.25, 0.3) is 0 Å². The Morgan fingerprint density at radius 1 is 1.69 bits per heavy atom. The maximum atomic E-state index is 5.75. The fourth-order valence-electron chi connectivity index (χ4n) is 1.75. The molecule has 1 aliphatic heterocycles. The number of anilines is 1. The summed E-state index contributed by atoms with van der Waals surface area (Å²) in [4.78, 5) is 8.01. The lowest BCUT2D eigenvalue weighted by Crippen LogP contribution is -2.30. The van der Waals surface area contributed by atoms with E-state index in [1.54, 1.807) is 6.20 Å². The Morgan fingerprint density at radius 2 is 2.50 bits per heavy atom. The van der Waals surface area contributed by atoms with Crippen LogP contribution >= 0.6 is 27.5 Å². The second kappa shape index (κ2) is 5.29. The van der Waals surface area contributed by atoms with Crippen LogP contribution in [0.1, 0.15) is 19.8 Å². The van der Waals surface area contributed by atoms with Crippen molar-refractivity contribution in [1.29, 1.82) is 0 Å². The molecule has 1 aromatic heterocycles. The van der Waals surface area contributed by atoms with Crippen LogP contribution in [0.2, 0.25) is 5.28 Å². The van der Waals surface area contributed by atoms with Gasteiger partial charge < -0.3 is 10.1 Å². The van der Waals surface area contributed by atoms with Crippen molar-refractivity contribution < 1.29 is 4.74 Å². The van der Waals surface area contributed by atoms with Gasteiger partial charge in [-0.1, -0.05) is 0 Å². The lowest BCUT2D eigenvalue weighted by Gasteiger charge is -2.20. The minimum absolute atomic E-state index is 0.213. The molecule has 1 aromatic rings. The number of nitrogens with zero attached hydrogens (tertiary/aromatic N) is 2. The lowest BCUT2D eigenvalue weighted by atomic mass is 10.1. The smallest absolute Gasteiger partial charge is 0.224 e. The molecule has 2 heterocycles. The van der Waals surface area contributed by atoms with Crippen molar-refractivity contribution in [2.75, 3.05) is 11.9 Å². The molecular weight excluding hydrogens is 293 g/mol. The lowest BCUT2D eigenvalue weighted by molar-refractivity contribution is 0.0995. The fraction of sp³-hybridized carbons (Fsp3) is 0.600. The van der Waals surface area contributed by atoms with E-state index in [0.29, 0.717) is 5.82 Å². The van der Waals surface area contributed by atoms with Crippen molar-refractivity contribution >= 4 is 33.3 Å². The minimum Gasteiger partial charge on any atom is -0.376 e. The Kier molecular flexibility index (Phi) is 4.00. The highest BCUT2D eigenvalue weighted by atomic mass is 79.9. The van der Waals surface area contributed by atoms with Gasteiger partial charge in [-0.3, -0.25) is 0 Å². The summed E-state index contributed by atoms with van der Waals surface area (Å²) in [6, 6.07) is 0.213. The fourth-order valence-corrected chi connectivity index (χ4v) is 2.19. The van der Waals surface area contributed by atoms with E-state index in [-0.39, 0.29) is 17.4 Å². The number of halogens is 2. The first-order chi connectivity index (χ1) is 7.66. The molecule has 6 heteroatoms. The van der Waals surface area contributed by atoms with E-state index in [1.165, 1.54) is 0 Å². The van der Waals surface area contributed by atoms with Gasteiger partial charge in [-0.05, 0) is 47.3 Å². The van der Waals surface area contributed by atoms with Crippen molar-refractivity contribution in [2.24, 2.45) is 0 Å². The summed E-state index contributed by atoms with van der Waals surface area (Å²) < 4.78 is 6.41. The van der Waals surface area contributed by atoms with Gasteiger partial charge in [0.25, 0.3) is 0 Å². The van der Waals surface area contributed by atoms with Crippen molar-refractivity contribution in [2.45, 2.75) is 31.9 Å². The monoisotopic (exact) mass is 305 g/mol. The van der Waals surface area contributed by atoms with E-state index in [4.69, 9.17) is 16.3 Å². The summed E-state index contributed by atoms with van der Waals surface area (Å²) in [5.74, 6) is 0.711. The Morgan fingerprint density at radius 3 is 3.19 bits per heavy atom. The highest BCUT2D eigenvalue weighted by Gasteiger charge is 2.23. The zero-order valence-corrected chi connectivity index (χ0v) is 11.3. The third kappa shape index (κ3) is 2.84. The normalized spacial score (nSPS) is 22.1. The van der Waals surface area contributed by atoms with Gasteiger partial charge in [0.15, 0.2) is 0 Å². The summed E-state index contributed by atoms with van der Waals surface area (Å²) >= 11 is 9.13. The molecule has 4 nitrogen and oxygen atoms in total. The summed E-state index contributed by atoms with van der Waals surface area (Å²) in [5, 5.41) is 3.53. The maximum absolute atomic E-state index is 5.75. The standard InChI is InChI=1S/C10H13BrClN3O/c1-6(8-3-2-4-16-8)14-9-7(11)5-13-10(12)15-9/h5-6,8H,2-4H2,1H3,(H,13,14,15). The third-order valence-corrected chi connectivity index (χ3v) is 3.36. The van der Waals surface area contributed by atoms with Gasteiger partial charge in [-0.25, -0.2) is 4.98 Å². The van der Waals surface area contributed by atoms with Gasteiger partial charge in [-0.2, -0.15) is 4.98 Å². The Bertz CT molecular complexity index is 371. The second-order valence-corrected chi connectivity index (χ2v) is 5.01. The number of hydrogen-bond acceptors (Lipinski definition) is 4. The van der Waals surface area contributed by atoms with Crippen molar-refractivity contribution in [3.63, 3.8) is 0 Å². The van der Waals surface area contributed by atoms with Crippen molar-refractivity contribution in [3.05, 3.63) is 16.0 Å². The van der Waals surface area contributed by atoms with Gasteiger partial charge in [0.05, 0.1) is 16.6 Å². The highest BCUT2D eigenvalue weighted by molar-refractivity contribution is 9.10. The van der Waals surface area contributed by atoms with E-state index in [9.17, 15) is 0 Å². The van der Waals surface area contributed by atoms with E-state index in [2.05, 4.69) is 38.1 Å². The topological polar surface area (TPSA) is 47.0 Å². The van der Waals surface area contributed by atoms with Gasteiger partial charge in [0, 0.05) is 12.8 Å². The first kappa shape index (κ1) is 12.1. The zero-order chi connectivity index (χ0) is 11.5. The molecule has 2 rings (SSSR count). The van der Waals surface area contributed by atoms with Crippen LogP contribution in [-0.2, 0) is 4.74 Å². The molecule has 88 valence electrons. The molecular formula is C10H13BrClN3O. The molecule has 0 bridgehead atoms. The summed E-state index contributed by atoms with van der Waals surface area (Å²) in [5.41, 5.74) is 0. The maximum Gasteiger partial charge on any atom is 0.224 e. The Hall–Kier alpha value is -0.390. The molecule has 1 N–H and O–H groups in total. The molecule has 0 spiro atoms. The summed E-state index contributed by atoms with van der Waals surface area (Å²) in [6.45, 7) is 2.93. The predicted molar refractivity (Wildman–Crippen MR) is 66.8 cm³/mol. The molecule has 0 amide bonds. The van der Waals surface area contributed by atoms with Crippen LogP contribution in [0.3, 0.4) is 0 Å². The number of rotatable bonds is 3. The van der Waals surface area contributed by atoms with Crippen molar-refractivity contribution in [3.8, 4) is 0 Å². The molecule has 2 unspecified atom stereocenters. The average molecular weight is 307 g/mol. The zero-order valence-electron chi connectivity index (χ0n) is 8.91. The quantitative estimate of drug-likeness (QED) is 0.872. The highest BCUT2D eigenvalue weighted by Crippen LogP contribution is 2.23. The molecule has 0 saturated carbocycles. The van der Waals surface area contributed by atoms with Crippen LogP contribution in [0, 0.1) is 0 Å². The van der Waals surface area contributed by atoms with Crippen LogP contribution in [0.4, 0.5) is 5.82 Å². The number of hydrogen-bond donors (Lipinski definition) is 1. The van der Waals surface area contributed by atoms with Crippen LogP contribution in [-0.4, -0.2) is 28.7 Å². The van der Waals surface area contributed by atoms with Crippen LogP contribution in [0.15, 0.2) is 10.7 Å². The van der Waals surface area contributed by atoms with Crippen LogP contribution in [0.5, 0.6) is 0 Å². The van der Waals surface area contributed by atoms with Crippen LogP contribution < -0.4 is 5.32 Å². The van der Waals surface area contributed by atoms with Gasteiger partial charge in [0.2, 0.25) is 5.28 Å². The summed E-state index contributed by atoms with van der Waals surface area (Å²) in [6.07, 6.45) is 4.10. The van der Waals surface area contributed by atoms with Gasteiger partial charge >= 0.3 is 0 Å². The second-order valence-electron chi connectivity index (χ2n) is 3.82. The molecule has 2 atom stereocenters. The molecule has 1 aliphatic rings. The first-order valence-corrected chi connectivity index (χ1v) is 6.40. The molecule has 1 saturated heterocycles. The average Bonchev–Trinajstić information content (AvgIpc) is 2.76. The van der Waals surface area contributed by atoms with E-state index in [0.717, 1.165) is 23.9 Å². The number of nitrogens with one attached hydrogen (secondary N) is 1. The molecule has 0 radical (unpaired) electrons. The Balaban J connectivity index is 2.04. The predicted octanol–water partition coefficient (Wildman–Crippen LogP) is 2.87. The third-order valence-electron chi connectivity index (χ3n) is 2.60. The van der Waals surface area contributed by atoms with E-state index < -0.39 is 0 Å².